The lowest BCUT2D eigenvalue weighted by Crippen LogP contribution is -2.22. The van der Waals surface area contributed by atoms with E-state index in [4.69, 9.17) is 0 Å². The van der Waals surface area contributed by atoms with Crippen LogP contribution in [0.2, 0.25) is 0 Å². The molecule has 0 aromatic heterocycles. The van der Waals surface area contributed by atoms with Crippen LogP contribution in [0, 0.1) is 0 Å². The van der Waals surface area contributed by atoms with Crippen LogP contribution < -0.4 is 4.90 Å². The maximum atomic E-state index is 2.39. The maximum absolute atomic E-state index is 2.39. The molecule has 0 radical (unpaired) electrons. The van der Waals surface area contributed by atoms with Crippen molar-refractivity contribution in [1.29, 1.82) is 0 Å². The van der Waals surface area contributed by atoms with Gasteiger partial charge in [-0.3, -0.25) is 0 Å². The van der Waals surface area contributed by atoms with E-state index in [2.05, 4.69) is 139 Å². The van der Waals surface area contributed by atoms with Crippen LogP contribution in [-0.4, -0.2) is 7.05 Å². The summed E-state index contributed by atoms with van der Waals surface area (Å²) >= 11 is 0. The van der Waals surface area contributed by atoms with E-state index >= 15 is 0 Å². The molecule has 0 N–H and O–H groups in total. The summed E-state index contributed by atoms with van der Waals surface area (Å²) in [7, 11) is 2.18. The zero-order chi connectivity index (χ0) is 22.2. The monoisotopic (exact) mass is 423 g/mol. The summed E-state index contributed by atoms with van der Waals surface area (Å²) < 4.78 is 0. The van der Waals surface area contributed by atoms with Crippen molar-refractivity contribution in [2.75, 3.05) is 11.9 Å². The highest BCUT2D eigenvalue weighted by molar-refractivity contribution is 5.82. The fourth-order valence-corrected chi connectivity index (χ4v) is 5.10. The average molecular weight is 424 g/mol. The lowest BCUT2D eigenvalue weighted by Gasteiger charge is -2.36. The van der Waals surface area contributed by atoms with E-state index < -0.39 is 0 Å². The normalized spacial score (nSPS) is 12.8. The Labute approximate surface area is 195 Å². The third-order valence-electron chi connectivity index (χ3n) is 6.75. The molecule has 1 heteroatoms. The predicted molar refractivity (Wildman–Crippen MR) is 139 cm³/mol. The molecule has 0 spiro atoms. The zero-order valence-electron chi connectivity index (χ0n) is 18.6. The minimum Gasteiger partial charge on any atom is -0.344 e. The summed E-state index contributed by atoms with van der Waals surface area (Å²) in [5, 5.41) is 0. The van der Waals surface area contributed by atoms with Gasteiger partial charge in [0.2, 0.25) is 0 Å². The van der Waals surface area contributed by atoms with Gasteiger partial charge in [-0.1, -0.05) is 103 Å². The van der Waals surface area contributed by atoms with Crippen molar-refractivity contribution < 1.29 is 0 Å². The Morgan fingerprint density at radius 2 is 0.879 bits per heavy atom. The first kappa shape index (κ1) is 19.6. The van der Waals surface area contributed by atoms with Gasteiger partial charge in [0.25, 0.3) is 0 Å². The summed E-state index contributed by atoms with van der Waals surface area (Å²) in [5.41, 5.74) is 11.6. The Morgan fingerprint density at radius 1 is 0.455 bits per heavy atom. The van der Waals surface area contributed by atoms with E-state index in [1.165, 1.54) is 50.3 Å². The second-order valence-corrected chi connectivity index (χ2v) is 8.68. The Balaban J connectivity index is 1.58. The van der Waals surface area contributed by atoms with Crippen LogP contribution in [0.1, 0.15) is 22.6 Å². The predicted octanol–water partition coefficient (Wildman–Crippen LogP) is 8.28. The topological polar surface area (TPSA) is 3.24 Å². The number of rotatable bonds is 3. The molecular formula is C32H25N. The maximum Gasteiger partial charge on any atom is 0.0450 e. The zero-order valence-corrected chi connectivity index (χ0v) is 18.6. The average Bonchev–Trinajstić information content (AvgIpc) is 2.90. The molecule has 1 nitrogen and oxygen atoms in total. The molecule has 0 saturated heterocycles. The number of nitrogens with zero attached hydrogens (tertiary/aromatic N) is 1. The smallest absolute Gasteiger partial charge is 0.0450 e. The van der Waals surface area contributed by atoms with Gasteiger partial charge in [0.15, 0.2) is 0 Å². The summed E-state index contributed by atoms with van der Waals surface area (Å²) in [4.78, 5) is 2.34. The lowest BCUT2D eigenvalue weighted by molar-refractivity contribution is 0.927. The van der Waals surface area contributed by atoms with Gasteiger partial charge in [0.05, 0.1) is 0 Å². The van der Waals surface area contributed by atoms with Crippen LogP contribution in [0.15, 0.2) is 127 Å². The van der Waals surface area contributed by atoms with Crippen molar-refractivity contribution in [3.05, 3.63) is 144 Å². The fraction of sp³-hybridized carbons (Fsp3) is 0.0625. The second kappa shape index (κ2) is 8.11. The molecule has 158 valence electrons. The molecule has 0 atom stereocenters. The van der Waals surface area contributed by atoms with Crippen LogP contribution in [0.5, 0.6) is 0 Å². The molecule has 5 aromatic rings. The van der Waals surface area contributed by atoms with Crippen molar-refractivity contribution in [1.82, 2.24) is 0 Å². The van der Waals surface area contributed by atoms with Gasteiger partial charge in [0, 0.05) is 24.3 Å². The van der Waals surface area contributed by atoms with Crippen LogP contribution in [0.25, 0.3) is 22.3 Å². The first-order chi connectivity index (χ1) is 16.3. The summed E-state index contributed by atoms with van der Waals surface area (Å²) in [6.45, 7) is 0. The van der Waals surface area contributed by atoms with Gasteiger partial charge < -0.3 is 4.90 Å². The molecule has 0 bridgehead atoms. The van der Waals surface area contributed by atoms with Crippen molar-refractivity contribution >= 4 is 11.4 Å². The first-order valence-corrected chi connectivity index (χ1v) is 11.5. The molecule has 1 aliphatic rings. The van der Waals surface area contributed by atoms with Crippen molar-refractivity contribution in [3.63, 3.8) is 0 Å². The largest absolute Gasteiger partial charge is 0.344 e. The van der Waals surface area contributed by atoms with Gasteiger partial charge in [0.1, 0.15) is 0 Å². The Kier molecular flexibility index (Phi) is 4.81. The van der Waals surface area contributed by atoms with Gasteiger partial charge >= 0.3 is 0 Å². The third-order valence-corrected chi connectivity index (χ3v) is 6.75. The molecule has 0 unspecified atom stereocenters. The van der Waals surface area contributed by atoms with Crippen LogP contribution in [-0.2, 0) is 0 Å². The molecule has 1 aliphatic heterocycles. The highest BCUT2D eigenvalue weighted by atomic mass is 15.1. The van der Waals surface area contributed by atoms with Crippen molar-refractivity contribution in [2.45, 2.75) is 5.92 Å². The molecule has 0 saturated carbocycles. The second-order valence-electron chi connectivity index (χ2n) is 8.68. The molecule has 0 aliphatic carbocycles. The summed E-state index contributed by atoms with van der Waals surface area (Å²) in [5.74, 6) is 0.180. The van der Waals surface area contributed by atoms with Gasteiger partial charge in [-0.05, 0) is 63.2 Å². The van der Waals surface area contributed by atoms with E-state index in [-0.39, 0.29) is 5.92 Å². The highest BCUT2D eigenvalue weighted by Gasteiger charge is 2.30. The molecular weight excluding hydrogens is 398 g/mol. The van der Waals surface area contributed by atoms with Gasteiger partial charge in [-0.2, -0.15) is 0 Å². The van der Waals surface area contributed by atoms with E-state index in [1.807, 2.05) is 0 Å². The number of anilines is 2. The number of hydrogen-bond donors (Lipinski definition) is 0. The highest BCUT2D eigenvalue weighted by Crippen LogP contribution is 2.49. The molecule has 6 rings (SSSR count). The summed E-state index contributed by atoms with van der Waals surface area (Å²) in [6, 6.07) is 46.1. The number of benzene rings is 5. The lowest BCUT2D eigenvalue weighted by atomic mass is 9.78. The number of hydrogen-bond acceptors (Lipinski definition) is 1. The van der Waals surface area contributed by atoms with E-state index in [0.29, 0.717) is 0 Å². The first-order valence-electron chi connectivity index (χ1n) is 11.5. The molecule has 1 heterocycles. The molecule has 5 aromatic carbocycles. The fourth-order valence-electron chi connectivity index (χ4n) is 5.10. The van der Waals surface area contributed by atoms with Crippen molar-refractivity contribution in [3.8, 4) is 22.3 Å². The van der Waals surface area contributed by atoms with E-state index in [1.54, 1.807) is 0 Å². The van der Waals surface area contributed by atoms with Crippen LogP contribution >= 0.6 is 0 Å². The Bertz CT molecular complexity index is 1310. The van der Waals surface area contributed by atoms with Crippen molar-refractivity contribution in [2.24, 2.45) is 0 Å². The van der Waals surface area contributed by atoms with Crippen LogP contribution in [0.4, 0.5) is 11.4 Å². The Morgan fingerprint density at radius 3 is 1.33 bits per heavy atom. The standard InChI is InChI=1S/C32H25N/c1-33-30-19-17-26(23-11-5-2-6-12-23)21-28(30)32(25-15-9-4-10-16-25)29-22-27(18-20-31(29)33)24-13-7-3-8-14-24/h2-22,32H,1H3. The minimum absolute atomic E-state index is 0.180. The van der Waals surface area contributed by atoms with Gasteiger partial charge in [-0.15, -0.1) is 0 Å². The molecule has 33 heavy (non-hydrogen) atoms. The van der Waals surface area contributed by atoms with E-state index in [0.717, 1.165) is 0 Å². The van der Waals surface area contributed by atoms with Gasteiger partial charge in [-0.25, -0.2) is 0 Å². The molecule has 0 amide bonds. The molecule has 0 fully saturated rings. The summed E-state index contributed by atoms with van der Waals surface area (Å²) in [6.07, 6.45) is 0. The third kappa shape index (κ3) is 3.43. The van der Waals surface area contributed by atoms with E-state index in [9.17, 15) is 0 Å². The minimum atomic E-state index is 0.180. The Hall–Kier alpha value is -4.10. The quantitative estimate of drug-likeness (QED) is 0.282. The number of fused-ring (bicyclic) bond motifs is 2. The SMILES string of the molecule is CN1c2ccc(-c3ccccc3)cc2C(c2ccccc2)c2cc(-c3ccccc3)ccc21. The van der Waals surface area contributed by atoms with Crippen LogP contribution in [0.3, 0.4) is 0 Å².